The summed E-state index contributed by atoms with van der Waals surface area (Å²) in [5, 5.41) is 0. The van der Waals surface area contributed by atoms with Gasteiger partial charge in [-0.2, -0.15) is 0 Å². The molecule has 4 rings (SSSR count). The second-order valence-corrected chi connectivity index (χ2v) is 8.42. The maximum Gasteiger partial charge on any atom is 0.494 e. The first-order chi connectivity index (χ1) is 14.2. The van der Waals surface area contributed by atoms with E-state index in [-0.39, 0.29) is 5.95 Å². The lowest BCUT2D eigenvalue weighted by atomic mass is 9.78. The quantitative estimate of drug-likeness (QED) is 0.656. The summed E-state index contributed by atoms with van der Waals surface area (Å²) in [6.07, 6.45) is 1.64. The number of hydrogen-bond acceptors (Lipinski definition) is 6. The second-order valence-electron chi connectivity index (χ2n) is 8.42. The van der Waals surface area contributed by atoms with Crippen molar-refractivity contribution in [3.8, 4) is 17.0 Å². The molecular formula is C23H26BN3O3. The van der Waals surface area contributed by atoms with Gasteiger partial charge in [0.15, 0.2) is 0 Å². The highest BCUT2D eigenvalue weighted by atomic mass is 16.7. The molecule has 0 spiro atoms. The van der Waals surface area contributed by atoms with Gasteiger partial charge in [-0.05, 0) is 56.9 Å². The predicted molar refractivity (Wildman–Crippen MR) is 118 cm³/mol. The molecule has 0 atom stereocenters. The van der Waals surface area contributed by atoms with Crippen LogP contribution in [0.4, 0.5) is 5.95 Å². The van der Waals surface area contributed by atoms with Gasteiger partial charge in [0.05, 0.1) is 16.9 Å². The first-order valence-corrected chi connectivity index (χ1v) is 10.0. The number of nitrogens with zero attached hydrogens (tertiary/aromatic N) is 2. The van der Waals surface area contributed by atoms with E-state index in [9.17, 15) is 0 Å². The Balaban J connectivity index is 1.69. The number of aromatic nitrogens is 2. The van der Waals surface area contributed by atoms with Crippen LogP contribution in [0.2, 0.25) is 0 Å². The van der Waals surface area contributed by atoms with Gasteiger partial charge in [-0.15, -0.1) is 0 Å². The summed E-state index contributed by atoms with van der Waals surface area (Å²) in [7, 11) is -0.476. The molecule has 1 fully saturated rings. The Bertz CT molecular complexity index is 1020. The Hall–Kier alpha value is -2.90. The van der Waals surface area contributed by atoms with E-state index in [1.54, 1.807) is 6.20 Å². The predicted octanol–water partition coefficient (Wildman–Crippen LogP) is 3.60. The summed E-state index contributed by atoms with van der Waals surface area (Å²) in [5.41, 5.74) is 8.47. The molecule has 30 heavy (non-hydrogen) atoms. The molecule has 0 aliphatic carbocycles. The van der Waals surface area contributed by atoms with Gasteiger partial charge >= 0.3 is 7.12 Å². The fourth-order valence-corrected chi connectivity index (χ4v) is 3.26. The highest BCUT2D eigenvalue weighted by Gasteiger charge is 2.51. The Kier molecular flexibility index (Phi) is 5.26. The van der Waals surface area contributed by atoms with Crippen molar-refractivity contribution in [2.45, 2.75) is 45.5 Å². The summed E-state index contributed by atoms with van der Waals surface area (Å²) in [6.45, 7) is 8.60. The van der Waals surface area contributed by atoms with Crippen LogP contribution in [0.5, 0.6) is 5.75 Å². The van der Waals surface area contributed by atoms with Crippen LogP contribution in [0.25, 0.3) is 11.3 Å². The molecule has 1 aromatic heterocycles. The lowest BCUT2D eigenvalue weighted by Crippen LogP contribution is -2.41. The highest BCUT2D eigenvalue weighted by molar-refractivity contribution is 6.62. The van der Waals surface area contributed by atoms with Crippen molar-refractivity contribution >= 4 is 18.5 Å². The van der Waals surface area contributed by atoms with Crippen molar-refractivity contribution in [1.82, 2.24) is 9.97 Å². The third kappa shape index (κ3) is 4.04. The van der Waals surface area contributed by atoms with Crippen LogP contribution < -0.4 is 15.9 Å². The van der Waals surface area contributed by atoms with Crippen LogP contribution in [-0.4, -0.2) is 28.3 Å². The summed E-state index contributed by atoms with van der Waals surface area (Å²) < 4.78 is 18.6. The maximum atomic E-state index is 6.21. The van der Waals surface area contributed by atoms with Crippen LogP contribution in [0.3, 0.4) is 0 Å². The third-order valence-electron chi connectivity index (χ3n) is 5.72. The zero-order chi connectivity index (χ0) is 21.4. The number of benzene rings is 2. The molecule has 0 saturated carbocycles. The Labute approximate surface area is 177 Å². The van der Waals surface area contributed by atoms with E-state index in [1.807, 2.05) is 82.3 Å². The molecular weight excluding hydrogens is 377 g/mol. The minimum absolute atomic E-state index is 0.211. The van der Waals surface area contributed by atoms with Gasteiger partial charge in [-0.1, -0.05) is 36.4 Å². The smallest absolute Gasteiger partial charge is 0.488 e. The first-order valence-electron chi connectivity index (χ1n) is 10.0. The minimum Gasteiger partial charge on any atom is -0.488 e. The molecule has 1 aliphatic rings. The SMILES string of the molecule is CC1(C)OB(c2ccc(OCc3ccccc3)c(-c3ccnc(N)n3)c2)OC1(C)C. The standard InChI is InChI=1S/C23H26BN3O3/c1-22(2)23(3,4)30-24(29-22)17-10-11-20(28-15-16-8-6-5-7-9-16)18(14-17)19-12-13-26-21(25)27-19/h5-14H,15H2,1-4H3,(H2,25,26,27). The highest BCUT2D eigenvalue weighted by Crippen LogP contribution is 2.37. The fourth-order valence-electron chi connectivity index (χ4n) is 3.26. The Morgan fingerprint density at radius 3 is 2.33 bits per heavy atom. The molecule has 1 aliphatic heterocycles. The van der Waals surface area contributed by atoms with Crippen LogP contribution in [0.1, 0.15) is 33.3 Å². The lowest BCUT2D eigenvalue weighted by Gasteiger charge is -2.32. The second kappa shape index (κ2) is 7.74. The molecule has 0 amide bonds. The molecule has 0 unspecified atom stereocenters. The van der Waals surface area contributed by atoms with Crippen molar-refractivity contribution in [2.24, 2.45) is 0 Å². The van der Waals surface area contributed by atoms with E-state index in [1.165, 1.54) is 0 Å². The molecule has 3 aromatic rings. The first kappa shape index (κ1) is 20.4. The zero-order valence-corrected chi connectivity index (χ0v) is 17.8. The molecule has 2 heterocycles. The maximum absolute atomic E-state index is 6.21. The van der Waals surface area contributed by atoms with Crippen molar-refractivity contribution in [3.05, 3.63) is 66.4 Å². The van der Waals surface area contributed by atoms with E-state index < -0.39 is 18.3 Å². The molecule has 2 N–H and O–H groups in total. The van der Waals surface area contributed by atoms with E-state index >= 15 is 0 Å². The van der Waals surface area contributed by atoms with Crippen LogP contribution in [0, 0.1) is 0 Å². The van der Waals surface area contributed by atoms with Gasteiger partial charge in [-0.3, -0.25) is 0 Å². The molecule has 0 radical (unpaired) electrons. The van der Waals surface area contributed by atoms with Crippen LogP contribution >= 0.6 is 0 Å². The molecule has 0 bridgehead atoms. The van der Waals surface area contributed by atoms with E-state index in [2.05, 4.69) is 9.97 Å². The van der Waals surface area contributed by atoms with Gasteiger partial charge in [0.1, 0.15) is 12.4 Å². The van der Waals surface area contributed by atoms with E-state index in [4.69, 9.17) is 19.8 Å². The van der Waals surface area contributed by atoms with Gasteiger partial charge in [0.25, 0.3) is 0 Å². The number of nitrogens with two attached hydrogens (primary N) is 1. The molecule has 154 valence electrons. The normalized spacial score (nSPS) is 17.1. The van der Waals surface area contributed by atoms with Gasteiger partial charge < -0.3 is 19.8 Å². The van der Waals surface area contributed by atoms with Gasteiger partial charge in [0.2, 0.25) is 5.95 Å². The number of anilines is 1. The Morgan fingerprint density at radius 1 is 0.967 bits per heavy atom. The summed E-state index contributed by atoms with van der Waals surface area (Å²) in [5.74, 6) is 0.916. The van der Waals surface area contributed by atoms with Crippen molar-refractivity contribution in [3.63, 3.8) is 0 Å². The van der Waals surface area contributed by atoms with Crippen LogP contribution in [-0.2, 0) is 15.9 Å². The van der Waals surface area contributed by atoms with Gasteiger partial charge in [-0.25, -0.2) is 9.97 Å². The monoisotopic (exact) mass is 403 g/mol. The third-order valence-corrected chi connectivity index (χ3v) is 5.72. The van der Waals surface area contributed by atoms with Crippen molar-refractivity contribution < 1.29 is 14.0 Å². The minimum atomic E-state index is -0.476. The number of nitrogen functional groups attached to an aromatic ring is 1. The van der Waals surface area contributed by atoms with Crippen molar-refractivity contribution in [1.29, 1.82) is 0 Å². The number of ether oxygens (including phenoxy) is 1. The lowest BCUT2D eigenvalue weighted by molar-refractivity contribution is 0.00578. The fraction of sp³-hybridized carbons (Fsp3) is 0.304. The summed E-state index contributed by atoms with van der Waals surface area (Å²) >= 11 is 0. The molecule has 1 saturated heterocycles. The molecule has 2 aromatic carbocycles. The summed E-state index contributed by atoms with van der Waals surface area (Å²) in [4.78, 5) is 8.39. The van der Waals surface area contributed by atoms with Gasteiger partial charge in [0, 0.05) is 11.8 Å². The van der Waals surface area contributed by atoms with E-state index in [0.29, 0.717) is 18.1 Å². The van der Waals surface area contributed by atoms with Crippen molar-refractivity contribution in [2.75, 3.05) is 5.73 Å². The molecule has 7 heteroatoms. The average Bonchev–Trinajstić information content (AvgIpc) is 2.94. The number of hydrogen-bond donors (Lipinski definition) is 1. The summed E-state index contributed by atoms with van der Waals surface area (Å²) in [6, 6.07) is 17.7. The Morgan fingerprint density at radius 2 is 1.67 bits per heavy atom. The molecule has 6 nitrogen and oxygen atoms in total. The largest absolute Gasteiger partial charge is 0.494 e. The van der Waals surface area contributed by atoms with E-state index in [0.717, 1.165) is 16.6 Å². The van der Waals surface area contributed by atoms with Crippen LogP contribution in [0.15, 0.2) is 60.8 Å². The zero-order valence-electron chi connectivity index (χ0n) is 17.8. The number of rotatable bonds is 5. The topological polar surface area (TPSA) is 79.5 Å². The average molecular weight is 403 g/mol.